The average Bonchev–Trinajstić information content (AvgIpc) is 2.60. The van der Waals surface area contributed by atoms with E-state index < -0.39 is 0 Å². The molecule has 1 unspecified atom stereocenters. The van der Waals surface area contributed by atoms with Crippen molar-refractivity contribution in [3.8, 4) is 5.75 Å². The van der Waals surface area contributed by atoms with Gasteiger partial charge in [0.15, 0.2) is 5.75 Å². The van der Waals surface area contributed by atoms with Crippen molar-refractivity contribution in [2.75, 3.05) is 20.8 Å². The maximum absolute atomic E-state index is 13.0. The highest BCUT2D eigenvalue weighted by Gasteiger charge is 2.23. The molecule has 1 aromatic carbocycles. The Kier molecular flexibility index (Phi) is 6.36. The third-order valence-electron chi connectivity index (χ3n) is 4.13. The number of carbonyl (C=O) groups excluding carboxylic acids is 1. The van der Waals surface area contributed by atoms with Gasteiger partial charge in [0, 0.05) is 25.9 Å². The summed E-state index contributed by atoms with van der Waals surface area (Å²) in [7, 11) is 3.01. The van der Waals surface area contributed by atoms with Gasteiger partial charge >= 0.3 is 0 Å². The van der Waals surface area contributed by atoms with Crippen molar-refractivity contribution in [1.29, 1.82) is 0 Å². The Bertz CT molecular complexity index is 785. The van der Waals surface area contributed by atoms with Crippen molar-refractivity contribution in [3.05, 3.63) is 63.6 Å². The summed E-state index contributed by atoms with van der Waals surface area (Å²) in [5.74, 6) is -0.0838. The van der Waals surface area contributed by atoms with Crippen LogP contribution in [0.1, 0.15) is 28.5 Å². The van der Waals surface area contributed by atoms with Crippen molar-refractivity contribution in [3.63, 3.8) is 0 Å². The van der Waals surface area contributed by atoms with E-state index in [0.717, 1.165) is 11.1 Å². The van der Waals surface area contributed by atoms with Crippen LogP contribution in [-0.4, -0.2) is 42.7 Å². The van der Waals surface area contributed by atoms with Gasteiger partial charge in [0.25, 0.3) is 5.91 Å². The van der Waals surface area contributed by atoms with Crippen LogP contribution in [0.3, 0.4) is 0 Å². The van der Waals surface area contributed by atoms with Gasteiger partial charge in [0.05, 0.1) is 19.8 Å². The third-order valence-corrected chi connectivity index (χ3v) is 4.13. The Labute approximate surface area is 147 Å². The van der Waals surface area contributed by atoms with Gasteiger partial charge in [-0.2, -0.15) is 0 Å². The lowest BCUT2D eigenvalue weighted by Crippen LogP contribution is -2.41. The Morgan fingerprint density at radius 1 is 1.28 bits per heavy atom. The van der Waals surface area contributed by atoms with Crippen LogP contribution < -0.4 is 10.2 Å². The van der Waals surface area contributed by atoms with E-state index in [1.807, 2.05) is 38.1 Å². The molecule has 1 atom stereocenters. The maximum atomic E-state index is 13.0. The summed E-state index contributed by atoms with van der Waals surface area (Å²) < 4.78 is 10.2. The molecule has 134 valence electrons. The zero-order valence-electron chi connectivity index (χ0n) is 15.0. The zero-order chi connectivity index (χ0) is 18.4. The highest BCUT2D eigenvalue weighted by Crippen LogP contribution is 2.16. The first-order valence-electron chi connectivity index (χ1n) is 8.09. The molecule has 0 aliphatic heterocycles. The Morgan fingerprint density at radius 3 is 2.60 bits per heavy atom. The lowest BCUT2D eigenvalue weighted by atomic mass is 10.1. The highest BCUT2D eigenvalue weighted by molar-refractivity contribution is 5.92. The Balaban J connectivity index is 2.34. The number of rotatable bonds is 7. The molecule has 0 saturated heterocycles. The molecule has 0 aliphatic rings. The number of carbonyl (C=O) groups is 1. The molecule has 1 amide bonds. The fourth-order valence-corrected chi connectivity index (χ4v) is 2.63. The lowest BCUT2D eigenvalue weighted by Gasteiger charge is -2.29. The second-order valence-electron chi connectivity index (χ2n) is 5.94. The number of ether oxygens (including phenoxy) is 2. The fourth-order valence-electron chi connectivity index (χ4n) is 2.63. The van der Waals surface area contributed by atoms with E-state index in [1.165, 1.54) is 19.4 Å². The van der Waals surface area contributed by atoms with Crippen LogP contribution in [0.2, 0.25) is 0 Å². The number of H-pyrrole nitrogens is 1. The SMILES string of the molecule is COCC(C)N(Cc1ccccc1C)C(=O)c1cc(=O)c(OC)c[nH]1. The van der Waals surface area contributed by atoms with Crippen molar-refractivity contribution in [1.82, 2.24) is 9.88 Å². The molecule has 2 aromatic rings. The number of nitrogens with zero attached hydrogens (tertiary/aromatic N) is 1. The molecule has 25 heavy (non-hydrogen) atoms. The summed E-state index contributed by atoms with van der Waals surface area (Å²) >= 11 is 0. The first kappa shape index (κ1) is 18.7. The number of aromatic nitrogens is 1. The molecule has 2 rings (SSSR count). The van der Waals surface area contributed by atoms with Gasteiger partial charge < -0.3 is 19.4 Å². The van der Waals surface area contributed by atoms with Crippen LogP contribution in [-0.2, 0) is 11.3 Å². The molecule has 1 aromatic heterocycles. The molecule has 0 spiro atoms. The molecule has 6 nitrogen and oxygen atoms in total. The van der Waals surface area contributed by atoms with Crippen molar-refractivity contribution < 1.29 is 14.3 Å². The first-order valence-corrected chi connectivity index (χ1v) is 8.09. The van der Waals surface area contributed by atoms with Gasteiger partial charge in [-0.25, -0.2) is 0 Å². The van der Waals surface area contributed by atoms with E-state index >= 15 is 0 Å². The summed E-state index contributed by atoms with van der Waals surface area (Å²) in [6.07, 6.45) is 1.41. The molecule has 0 bridgehead atoms. The molecule has 0 fully saturated rings. The lowest BCUT2D eigenvalue weighted by molar-refractivity contribution is 0.0536. The van der Waals surface area contributed by atoms with Crippen LogP contribution in [0, 0.1) is 6.92 Å². The quantitative estimate of drug-likeness (QED) is 0.837. The van der Waals surface area contributed by atoms with E-state index in [4.69, 9.17) is 9.47 Å². The zero-order valence-corrected chi connectivity index (χ0v) is 15.0. The first-order chi connectivity index (χ1) is 12.0. The van der Waals surface area contributed by atoms with Crippen LogP contribution >= 0.6 is 0 Å². The third kappa shape index (κ3) is 4.48. The summed E-state index contributed by atoms with van der Waals surface area (Å²) in [4.78, 5) is 29.5. The summed E-state index contributed by atoms with van der Waals surface area (Å²) in [6.45, 7) is 4.76. The predicted octanol–water partition coefficient (Wildman–Crippen LogP) is 2.37. The van der Waals surface area contributed by atoms with Gasteiger partial charge in [-0.05, 0) is 25.0 Å². The second-order valence-corrected chi connectivity index (χ2v) is 5.94. The van der Waals surface area contributed by atoms with E-state index in [2.05, 4.69) is 4.98 Å². The molecule has 1 heterocycles. The second kappa shape index (κ2) is 8.48. The van der Waals surface area contributed by atoms with E-state index in [0.29, 0.717) is 13.2 Å². The minimum absolute atomic E-state index is 0.150. The van der Waals surface area contributed by atoms with Crippen LogP contribution in [0.4, 0.5) is 0 Å². The molecule has 6 heteroatoms. The normalized spacial score (nSPS) is 11.8. The number of aromatic amines is 1. The largest absolute Gasteiger partial charge is 0.491 e. The van der Waals surface area contributed by atoms with Crippen molar-refractivity contribution >= 4 is 5.91 Å². The molecule has 0 saturated carbocycles. The van der Waals surface area contributed by atoms with Crippen molar-refractivity contribution in [2.24, 2.45) is 0 Å². The van der Waals surface area contributed by atoms with Gasteiger partial charge in [-0.15, -0.1) is 0 Å². The number of hydrogen-bond donors (Lipinski definition) is 1. The van der Waals surface area contributed by atoms with Gasteiger partial charge in [0.2, 0.25) is 5.43 Å². The monoisotopic (exact) mass is 344 g/mol. The number of benzene rings is 1. The average molecular weight is 344 g/mol. The molecular formula is C19H24N2O4. The smallest absolute Gasteiger partial charge is 0.271 e. The van der Waals surface area contributed by atoms with Gasteiger partial charge in [-0.3, -0.25) is 9.59 Å². The summed E-state index contributed by atoms with van der Waals surface area (Å²) in [5.41, 5.74) is 2.05. The fraction of sp³-hybridized carbons (Fsp3) is 0.368. The minimum Gasteiger partial charge on any atom is -0.491 e. The topological polar surface area (TPSA) is 71.6 Å². The van der Waals surface area contributed by atoms with E-state index in [9.17, 15) is 9.59 Å². The summed E-state index contributed by atoms with van der Waals surface area (Å²) in [5, 5.41) is 0. The van der Waals surface area contributed by atoms with Gasteiger partial charge in [0.1, 0.15) is 5.69 Å². The Morgan fingerprint density at radius 2 is 2.00 bits per heavy atom. The number of nitrogens with one attached hydrogen (secondary N) is 1. The van der Waals surface area contributed by atoms with Crippen LogP contribution in [0.25, 0.3) is 0 Å². The Hall–Kier alpha value is -2.60. The van der Waals surface area contributed by atoms with Crippen LogP contribution in [0.15, 0.2) is 41.3 Å². The van der Waals surface area contributed by atoms with E-state index in [1.54, 1.807) is 12.0 Å². The predicted molar refractivity (Wildman–Crippen MR) is 96.0 cm³/mol. The van der Waals surface area contributed by atoms with E-state index in [-0.39, 0.29) is 28.8 Å². The number of methoxy groups -OCH3 is 2. The number of pyridine rings is 1. The molecule has 1 N–H and O–H groups in total. The molecule has 0 aliphatic carbocycles. The maximum Gasteiger partial charge on any atom is 0.271 e. The number of aryl methyl sites for hydroxylation is 1. The minimum atomic E-state index is -0.333. The number of hydrogen-bond acceptors (Lipinski definition) is 4. The molecular weight excluding hydrogens is 320 g/mol. The standard InChI is InChI=1S/C19H24N2O4/c1-13-7-5-6-8-15(13)11-21(14(2)12-24-3)19(23)16-9-17(22)18(25-4)10-20-16/h5-10,14H,11-12H2,1-4H3,(H,20,22). The number of amides is 1. The highest BCUT2D eigenvalue weighted by atomic mass is 16.5. The van der Waals surface area contributed by atoms with Gasteiger partial charge in [-0.1, -0.05) is 24.3 Å². The summed E-state index contributed by atoms with van der Waals surface area (Å²) in [6, 6.07) is 9.03. The molecule has 0 radical (unpaired) electrons. The van der Waals surface area contributed by atoms with Crippen molar-refractivity contribution in [2.45, 2.75) is 26.4 Å². The van der Waals surface area contributed by atoms with Crippen LogP contribution in [0.5, 0.6) is 5.75 Å².